The van der Waals surface area contributed by atoms with Gasteiger partial charge in [0.15, 0.2) is 5.82 Å². The van der Waals surface area contributed by atoms with Gasteiger partial charge in [0.2, 0.25) is 23.7 Å². The number of anilines is 2. The summed E-state index contributed by atoms with van der Waals surface area (Å²) < 4.78 is 91.2. The molecule has 2 saturated carbocycles. The van der Waals surface area contributed by atoms with E-state index >= 15 is 0 Å². The minimum atomic E-state index is -4.67. The molecule has 0 aromatic carbocycles. The van der Waals surface area contributed by atoms with Crippen molar-refractivity contribution in [2.45, 2.75) is 43.7 Å². The highest BCUT2D eigenvalue weighted by Gasteiger charge is 2.45. The summed E-state index contributed by atoms with van der Waals surface area (Å²) in [6.45, 7) is 0.284. The fraction of sp³-hybridized carbons (Fsp3) is 0.579. The molecule has 2 fully saturated rings. The molecule has 0 amide bonds. The molecule has 0 atom stereocenters. The molecule has 0 bridgehead atoms. The maximum absolute atomic E-state index is 13.0. The Labute approximate surface area is 178 Å². The van der Waals surface area contributed by atoms with Crippen molar-refractivity contribution < 1.29 is 30.7 Å². The smallest absolute Gasteiger partial charge is 0.354 e. The summed E-state index contributed by atoms with van der Waals surface area (Å²) in [7, 11) is 0. The summed E-state index contributed by atoms with van der Waals surface area (Å²) in [5.74, 6) is -6.24. The van der Waals surface area contributed by atoms with Gasteiger partial charge in [0.25, 0.3) is 0 Å². The van der Waals surface area contributed by atoms with Gasteiger partial charge in [-0.3, -0.25) is 0 Å². The highest BCUT2D eigenvalue weighted by molar-refractivity contribution is 5.54. The van der Waals surface area contributed by atoms with Crippen LogP contribution in [0.2, 0.25) is 0 Å². The third-order valence-electron chi connectivity index (χ3n) is 5.35. The second-order valence-corrected chi connectivity index (χ2v) is 8.23. The van der Waals surface area contributed by atoms with Crippen LogP contribution in [0.3, 0.4) is 0 Å². The van der Waals surface area contributed by atoms with Gasteiger partial charge < -0.3 is 10.6 Å². The quantitative estimate of drug-likeness (QED) is 0.570. The number of nitrogens with one attached hydrogen (secondary N) is 2. The van der Waals surface area contributed by atoms with Crippen LogP contribution in [0.1, 0.15) is 31.4 Å². The number of pyridine rings is 1. The lowest BCUT2D eigenvalue weighted by molar-refractivity contribution is -0.141. The van der Waals surface area contributed by atoms with Gasteiger partial charge in [-0.05, 0) is 24.0 Å². The molecule has 0 saturated heterocycles. The van der Waals surface area contributed by atoms with Crippen LogP contribution >= 0.6 is 0 Å². The number of nitrogens with zero attached hydrogens (tertiary/aromatic N) is 4. The molecular formula is C19H19F7N6. The topological polar surface area (TPSA) is 75.6 Å². The third-order valence-corrected chi connectivity index (χ3v) is 5.35. The number of hydrogen-bond donors (Lipinski definition) is 2. The van der Waals surface area contributed by atoms with E-state index in [-0.39, 0.29) is 74.0 Å². The fourth-order valence-electron chi connectivity index (χ4n) is 3.70. The Morgan fingerprint density at radius 1 is 0.781 bits per heavy atom. The summed E-state index contributed by atoms with van der Waals surface area (Å²) >= 11 is 0. The van der Waals surface area contributed by atoms with Crippen molar-refractivity contribution in [3.05, 3.63) is 23.9 Å². The Kier molecular flexibility index (Phi) is 5.61. The van der Waals surface area contributed by atoms with Crippen molar-refractivity contribution in [3.63, 3.8) is 0 Å². The standard InChI is InChI=1S/C19H19F7N6/c20-17(21)4-10(5-17)8-27-15-30-14(12-2-1-3-13(29-12)19(24,25)26)31-16(32-15)28-9-11-6-18(22,23)7-11/h1-3,10-11H,4-9H2,(H2,27,28,30,31,32). The molecule has 2 aliphatic carbocycles. The van der Waals surface area contributed by atoms with E-state index in [1.165, 1.54) is 6.07 Å². The van der Waals surface area contributed by atoms with Crippen LogP contribution < -0.4 is 10.6 Å². The molecule has 2 N–H and O–H groups in total. The molecule has 0 aliphatic heterocycles. The van der Waals surface area contributed by atoms with Gasteiger partial charge in [0.1, 0.15) is 11.4 Å². The summed E-state index contributed by atoms with van der Waals surface area (Å²) in [5.41, 5.74) is -1.30. The largest absolute Gasteiger partial charge is 0.433 e. The molecular weight excluding hydrogens is 445 g/mol. The van der Waals surface area contributed by atoms with E-state index in [2.05, 4.69) is 30.6 Å². The van der Waals surface area contributed by atoms with Gasteiger partial charge >= 0.3 is 6.18 Å². The molecule has 0 spiro atoms. The van der Waals surface area contributed by atoms with Crippen LogP contribution in [0.4, 0.5) is 42.6 Å². The number of alkyl halides is 7. The van der Waals surface area contributed by atoms with Gasteiger partial charge in [0, 0.05) is 38.8 Å². The number of rotatable bonds is 7. The molecule has 174 valence electrons. The van der Waals surface area contributed by atoms with Crippen LogP contribution in [0, 0.1) is 11.8 Å². The van der Waals surface area contributed by atoms with Crippen LogP contribution in [0.5, 0.6) is 0 Å². The SMILES string of the molecule is FC1(F)CC(CNc2nc(NCC3CC(F)(F)C3)nc(-c3cccc(C(F)(F)F)n3)n2)C1. The molecule has 0 unspecified atom stereocenters. The first-order valence-electron chi connectivity index (χ1n) is 9.93. The van der Waals surface area contributed by atoms with E-state index in [4.69, 9.17) is 0 Å². The van der Waals surface area contributed by atoms with Gasteiger partial charge in [-0.15, -0.1) is 0 Å². The number of aromatic nitrogens is 4. The average molecular weight is 464 g/mol. The Balaban J connectivity index is 1.53. The first-order valence-corrected chi connectivity index (χ1v) is 9.93. The summed E-state index contributed by atoms with van der Waals surface area (Å²) in [4.78, 5) is 15.8. The molecule has 4 rings (SSSR count). The Morgan fingerprint density at radius 2 is 1.28 bits per heavy atom. The normalized spacial score (nSPS) is 20.3. The maximum atomic E-state index is 13.0. The average Bonchev–Trinajstić information content (AvgIpc) is 2.66. The van der Waals surface area contributed by atoms with Crippen LogP contribution in [-0.4, -0.2) is 44.9 Å². The van der Waals surface area contributed by atoms with Crippen LogP contribution in [0.15, 0.2) is 18.2 Å². The van der Waals surface area contributed by atoms with E-state index in [1.54, 1.807) is 0 Å². The van der Waals surface area contributed by atoms with Crippen LogP contribution in [-0.2, 0) is 6.18 Å². The van der Waals surface area contributed by atoms with Gasteiger partial charge in [-0.25, -0.2) is 22.5 Å². The highest BCUT2D eigenvalue weighted by Crippen LogP contribution is 2.43. The van der Waals surface area contributed by atoms with Gasteiger partial charge in [-0.1, -0.05) is 6.07 Å². The molecule has 13 heteroatoms. The zero-order valence-corrected chi connectivity index (χ0v) is 16.6. The number of halogens is 7. The van der Waals surface area contributed by atoms with Gasteiger partial charge in [0.05, 0.1) is 0 Å². The lowest BCUT2D eigenvalue weighted by atomic mass is 9.81. The maximum Gasteiger partial charge on any atom is 0.433 e. The predicted molar refractivity (Wildman–Crippen MR) is 100 cm³/mol. The van der Waals surface area contributed by atoms with Crippen LogP contribution in [0.25, 0.3) is 11.5 Å². The lowest BCUT2D eigenvalue weighted by Gasteiger charge is -2.35. The van der Waals surface area contributed by atoms with Gasteiger partial charge in [-0.2, -0.15) is 28.1 Å². The first kappa shape index (κ1) is 22.5. The zero-order valence-electron chi connectivity index (χ0n) is 16.6. The number of hydrogen-bond acceptors (Lipinski definition) is 6. The Bertz CT molecular complexity index is 919. The zero-order chi connectivity index (χ0) is 23.1. The van der Waals surface area contributed by atoms with Crippen molar-refractivity contribution in [2.75, 3.05) is 23.7 Å². The second-order valence-electron chi connectivity index (χ2n) is 8.23. The summed E-state index contributed by atoms with van der Waals surface area (Å²) in [6, 6.07) is 3.25. The highest BCUT2D eigenvalue weighted by atomic mass is 19.4. The predicted octanol–water partition coefficient (Wildman–Crippen LogP) is 4.87. The molecule has 32 heavy (non-hydrogen) atoms. The molecule has 0 radical (unpaired) electrons. The van der Waals surface area contributed by atoms with E-state index < -0.39 is 23.7 Å². The van der Waals surface area contributed by atoms with E-state index in [1.807, 2.05) is 0 Å². The van der Waals surface area contributed by atoms with Crippen molar-refractivity contribution >= 4 is 11.9 Å². The summed E-state index contributed by atoms with van der Waals surface area (Å²) in [6.07, 6.45) is -5.80. The Hall–Kier alpha value is -2.73. The molecule has 6 nitrogen and oxygen atoms in total. The monoisotopic (exact) mass is 464 g/mol. The van der Waals surface area contributed by atoms with Crippen molar-refractivity contribution in [1.82, 2.24) is 19.9 Å². The van der Waals surface area contributed by atoms with Crippen molar-refractivity contribution in [2.24, 2.45) is 11.8 Å². The first-order chi connectivity index (χ1) is 14.9. The Morgan fingerprint density at radius 3 is 1.72 bits per heavy atom. The van der Waals surface area contributed by atoms with Crippen molar-refractivity contribution in [1.29, 1.82) is 0 Å². The second kappa shape index (κ2) is 8.00. The molecule has 2 aromatic rings. The minimum absolute atomic E-state index is 0.0362. The summed E-state index contributed by atoms with van der Waals surface area (Å²) in [5, 5.41) is 5.61. The third kappa shape index (κ3) is 5.36. The van der Waals surface area contributed by atoms with E-state index in [0.717, 1.165) is 12.1 Å². The minimum Gasteiger partial charge on any atom is -0.354 e. The van der Waals surface area contributed by atoms with Crippen molar-refractivity contribution in [3.8, 4) is 11.5 Å². The lowest BCUT2D eigenvalue weighted by Crippen LogP contribution is -2.39. The van der Waals surface area contributed by atoms with E-state index in [9.17, 15) is 30.7 Å². The fourth-order valence-corrected chi connectivity index (χ4v) is 3.70. The molecule has 2 heterocycles. The molecule has 2 aromatic heterocycles. The van der Waals surface area contributed by atoms with E-state index in [0.29, 0.717) is 0 Å². The molecule has 2 aliphatic rings.